The Morgan fingerprint density at radius 1 is 1.33 bits per heavy atom. The Kier molecular flexibility index (Phi) is 2.00. The highest BCUT2D eigenvalue weighted by molar-refractivity contribution is 5.91. The van der Waals surface area contributed by atoms with Crippen molar-refractivity contribution in [2.24, 2.45) is 5.73 Å². The van der Waals surface area contributed by atoms with Gasteiger partial charge < -0.3 is 10.2 Å². The van der Waals surface area contributed by atoms with E-state index in [9.17, 15) is 14.0 Å². The first kappa shape index (κ1) is 9.39. The molecule has 0 radical (unpaired) electrons. The smallest absolute Gasteiger partial charge is 0.284 e. The minimum Gasteiger partial charge on any atom is -0.451 e. The minimum absolute atomic E-state index is 0.0105. The summed E-state index contributed by atoms with van der Waals surface area (Å²) in [5.41, 5.74) is 4.53. The third kappa shape index (κ3) is 1.59. The SMILES string of the molecule is NC(=O)c1cc(=O)c2ccc(F)cc2o1. The van der Waals surface area contributed by atoms with E-state index in [2.05, 4.69) is 0 Å². The largest absolute Gasteiger partial charge is 0.451 e. The summed E-state index contributed by atoms with van der Waals surface area (Å²) >= 11 is 0. The van der Waals surface area contributed by atoms with Crippen molar-refractivity contribution < 1.29 is 13.6 Å². The average molecular weight is 207 g/mol. The summed E-state index contributed by atoms with van der Waals surface area (Å²) in [5, 5.41) is 0.210. The lowest BCUT2D eigenvalue weighted by atomic mass is 10.2. The van der Waals surface area contributed by atoms with Gasteiger partial charge in [0.15, 0.2) is 11.2 Å². The highest BCUT2D eigenvalue weighted by Gasteiger charge is 2.09. The number of hydrogen-bond donors (Lipinski definition) is 1. The Bertz CT molecular complexity index is 603. The van der Waals surface area contributed by atoms with Gasteiger partial charge in [-0.2, -0.15) is 0 Å². The standard InChI is InChI=1S/C10H6FNO3/c11-5-1-2-6-7(13)4-9(10(12)14)15-8(6)3-5/h1-4H,(H2,12,14). The van der Waals surface area contributed by atoms with Crippen LogP contribution in [0.5, 0.6) is 0 Å². The first-order chi connectivity index (χ1) is 7.08. The van der Waals surface area contributed by atoms with Crippen LogP contribution < -0.4 is 11.2 Å². The summed E-state index contributed by atoms with van der Waals surface area (Å²) in [5.74, 6) is -1.69. The van der Waals surface area contributed by atoms with Crippen LogP contribution in [0.25, 0.3) is 11.0 Å². The zero-order valence-electron chi connectivity index (χ0n) is 7.49. The lowest BCUT2D eigenvalue weighted by Gasteiger charge is -1.98. The number of carbonyl (C=O) groups excluding carboxylic acids is 1. The summed E-state index contributed by atoms with van der Waals surface area (Å²) in [6, 6.07) is 4.45. The van der Waals surface area contributed by atoms with Crippen molar-refractivity contribution in [1.82, 2.24) is 0 Å². The summed E-state index contributed by atoms with van der Waals surface area (Å²) < 4.78 is 17.8. The molecule has 0 unspecified atom stereocenters. The van der Waals surface area contributed by atoms with Gasteiger partial charge in [0.25, 0.3) is 5.91 Å². The summed E-state index contributed by atoms with van der Waals surface area (Å²) in [6.45, 7) is 0. The van der Waals surface area contributed by atoms with Crippen LogP contribution in [0.2, 0.25) is 0 Å². The van der Waals surface area contributed by atoms with E-state index in [0.717, 1.165) is 18.2 Å². The maximum absolute atomic E-state index is 12.8. The van der Waals surface area contributed by atoms with Crippen molar-refractivity contribution in [2.75, 3.05) is 0 Å². The molecular weight excluding hydrogens is 201 g/mol. The quantitative estimate of drug-likeness (QED) is 0.758. The minimum atomic E-state index is -0.863. The Hall–Kier alpha value is -2.17. The molecular formula is C10H6FNO3. The van der Waals surface area contributed by atoms with Crippen molar-refractivity contribution >= 4 is 16.9 Å². The number of halogens is 1. The number of nitrogens with two attached hydrogens (primary N) is 1. The number of fused-ring (bicyclic) bond motifs is 1. The third-order valence-electron chi connectivity index (χ3n) is 1.93. The fourth-order valence-corrected chi connectivity index (χ4v) is 1.25. The number of carbonyl (C=O) groups is 1. The Labute approximate surface area is 83.1 Å². The van der Waals surface area contributed by atoms with Crippen molar-refractivity contribution in [2.45, 2.75) is 0 Å². The predicted molar refractivity (Wildman–Crippen MR) is 51.0 cm³/mol. The lowest BCUT2D eigenvalue weighted by molar-refractivity contribution is 0.0974. The van der Waals surface area contributed by atoms with Crippen LogP contribution in [-0.4, -0.2) is 5.91 Å². The topological polar surface area (TPSA) is 73.3 Å². The molecule has 0 aliphatic carbocycles. The van der Waals surface area contributed by atoms with E-state index in [1.54, 1.807) is 0 Å². The van der Waals surface area contributed by atoms with E-state index in [1.165, 1.54) is 6.07 Å². The molecule has 0 aliphatic rings. The maximum Gasteiger partial charge on any atom is 0.284 e. The average Bonchev–Trinajstić information content (AvgIpc) is 2.16. The van der Waals surface area contributed by atoms with Crippen molar-refractivity contribution in [3.8, 4) is 0 Å². The Balaban J connectivity index is 2.85. The molecule has 1 aromatic carbocycles. The molecule has 4 nitrogen and oxygen atoms in total. The van der Waals surface area contributed by atoms with E-state index >= 15 is 0 Å². The zero-order valence-corrected chi connectivity index (χ0v) is 7.49. The predicted octanol–water partition coefficient (Wildman–Crippen LogP) is 1.03. The Morgan fingerprint density at radius 2 is 2.07 bits per heavy atom. The molecule has 1 amide bonds. The van der Waals surface area contributed by atoms with E-state index < -0.39 is 17.2 Å². The highest BCUT2D eigenvalue weighted by Crippen LogP contribution is 2.13. The van der Waals surface area contributed by atoms with Gasteiger partial charge in [0.1, 0.15) is 11.4 Å². The number of rotatable bonds is 1. The Morgan fingerprint density at radius 3 is 2.73 bits per heavy atom. The molecule has 0 fully saturated rings. The van der Waals surface area contributed by atoms with Gasteiger partial charge >= 0.3 is 0 Å². The lowest BCUT2D eigenvalue weighted by Crippen LogP contribution is -2.14. The van der Waals surface area contributed by atoms with Gasteiger partial charge in [-0.1, -0.05) is 0 Å². The molecule has 1 aromatic heterocycles. The van der Waals surface area contributed by atoms with E-state index in [-0.39, 0.29) is 16.7 Å². The molecule has 0 saturated heterocycles. The van der Waals surface area contributed by atoms with E-state index in [0.29, 0.717) is 0 Å². The van der Waals surface area contributed by atoms with Gasteiger partial charge in [0.05, 0.1) is 5.39 Å². The molecule has 2 aromatic rings. The second kappa shape index (κ2) is 3.20. The fourth-order valence-electron chi connectivity index (χ4n) is 1.25. The van der Waals surface area contributed by atoms with Crippen LogP contribution in [0.15, 0.2) is 33.5 Å². The van der Waals surface area contributed by atoms with Crippen LogP contribution in [-0.2, 0) is 0 Å². The molecule has 0 spiro atoms. The third-order valence-corrected chi connectivity index (χ3v) is 1.93. The number of primary amides is 1. The molecule has 0 saturated carbocycles. The van der Waals surface area contributed by atoms with Crippen LogP contribution in [0.4, 0.5) is 4.39 Å². The van der Waals surface area contributed by atoms with Gasteiger partial charge in [-0.05, 0) is 12.1 Å². The first-order valence-electron chi connectivity index (χ1n) is 4.11. The molecule has 5 heteroatoms. The molecule has 76 valence electrons. The normalized spacial score (nSPS) is 10.5. The van der Waals surface area contributed by atoms with Crippen LogP contribution >= 0.6 is 0 Å². The van der Waals surface area contributed by atoms with Gasteiger partial charge in [-0.3, -0.25) is 9.59 Å². The van der Waals surface area contributed by atoms with E-state index in [4.69, 9.17) is 10.2 Å². The summed E-state index contributed by atoms with van der Waals surface area (Å²) in [6.07, 6.45) is 0. The fraction of sp³-hybridized carbons (Fsp3) is 0. The molecule has 0 atom stereocenters. The van der Waals surface area contributed by atoms with Gasteiger partial charge in [-0.25, -0.2) is 4.39 Å². The summed E-state index contributed by atoms with van der Waals surface area (Å²) in [4.78, 5) is 22.2. The number of benzene rings is 1. The molecule has 0 bridgehead atoms. The van der Waals surface area contributed by atoms with Crippen LogP contribution in [0, 0.1) is 5.82 Å². The van der Waals surface area contributed by atoms with Gasteiger partial charge in [0, 0.05) is 12.1 Å². The highest BCUT2D eigenvalue weighted by atomic mass is 19.1. The van der Waals surface area contributed by atoms with Gasteiger partial charge in [0.2, 0.25) is 0 Å². The monoisotopic (exact) mass is 207 g/mol. The maximum atomic E-state index is 12.8. The van der Waals surface area contributed by atoms with Gasteiger partial charge in [-0.15, -0.1) is 0 Å². The molecule has 2 rings (SSSR count). The van der Waals surface area contributed by atoms with Crippen molar-refractivity contribution in [1.29, 1.82) is 0 Å². The number of amides is 1. The first-order valence-corrected chi connectivity index (χ1v) is 4.11. The van der Waals surface area contributed by atoms with Crippen molar-refractivity contribution in [3.63, 3.8) is 0 Å². The second-order valence-electron chi connectivity index (χ2n) is 2.98. The summed E-state index contributed by atoms with van der Waals surface area (Å²) in [7, 11) is 0. The van der Waals surface area contributed by atoms with Crippen LogP contribution in [0.1, 0.15) is 10.6 Å². The molecule has 2 N–H and O–H groups in total. The van der Waals surface area contributed by atoms with Crippen molar-refractivity contribution in [3.05, 3.63) is 46.1 Å². The van der Waals surface area contributed by atoms with Crippen LogP contribution in [0.3, 0.4) is 0 Å². The van der Waals surface area contributed by atoms with E-state index in [1.807, 2.05) is 0 Å². The molecule has 0 aliphatic heterocycles. The number of hydrogen-bond acceptors (Lipinski definition) is 3. The molecule has 15 heavy (non-hydrogen) atoms. The second-order valence-corrected chi connectivity index (χ2v) is 2.98. The molecule has 1 heterocycles. The zero-order chi connectivity index (χ0) is 11.0.